The zero-order chi connectivity index (χ0) is 22.1. The maximum Gasteiger partial charge on any atom is 0.284 e. The Balaban J connectivity index is 1.60. The summed E-state index contributed by atoms with van der Waals surface area (Å²) in [7, 11) is 1.99. The smallest absolute Gasteiger partial charge is 0.284 e. The number of fused-ring (bicyclic) bond motifs is 1. The number of hydrogen-bond acceptors (Lipinski definition) is 7. The van der Waals surface area contributed by atoms with Crippen molar-refractivity contribution in [3.63, 3.8) is 0 Å². The summed E-state index contributed by atoms with van der Waals surface area (Å²) in [5, 5.41) is 16.4. The monoisotopic (exact) mass is 477 g/mol. The first kappa shape index (κ1) is 21.5. The van der Waals surface area contributed by atoms with E-state index < -0.39 is 11.8 Å². The van der Waals surface area contributed by atoms with E-state index in [2.05, 4.69) is 25.5 Å². The van der Waals surface area contributed by atoms with Crippen LogP contribution < -0.4 is 10.6 Å². The van der Waals surface area contributed by atoms with Crippen molar-refractivity contribution in [1.29, 1.82) is 0 Å². The molecular formula is C20H17Cl2N5O3S. The van der Waals surface area contributed by atoms with Gasteiger partial charge in [-0.3, -0.25) is 9.59 Å². The number of carbonyl (C=O) groups is 2. The van der Waals surface area contributed by atoms with Gasteiger partial charge in [-0.25, -0.2) is 9.97 Å². The van der Waals surface area contributed by atoms with E-state index >= 15 is 0 Å². The normalized spacial score (nSPS) is 13.5. The summed E-state index contributed by atoms with van der Waals surface area (Å²) < 4.78 is 0. The third-order valence-electron chi connectivity index (χ3n) is 4.65. The molecule has 2 amide bonds. The van der Waals surface area contributed by atoms with Gasteiger partial charge in [-0.1, -0.05) is 23.2 Å². The van der Waals surface area contributed by atoms with Crippen LogP contribution in [0.4, 0.5) is 11.5 Å². The van der Waals surface area contributed by atoms with Crippen LogP contribution in [0, 0.1) is 0 Å². The van der Waals surface area contributed by atoms with E-state index in [1.54, 1.807) is 6.07 Å². The number of anilines is 2. The Morgan fingerprint density at radius 2 is 1.97 bits per heavy atom. The number of phenolic OH excluding ortho intramolecular Hbond substituents is 1. The van der Waals surface area contributed by atoms with Crippen LogP contribution in [0.5, 0.6) is 5.75 Å². The summed E-state index contributed by atoms with van der Waals surface area (Å²) >= 11 is 13.1. The molecule has 0 unspecified atom stereocenters. The third-order valence-corrected chi connectivity index (χ3v) is 6.25. The number of phenols is 1. The van der Waals surface area contributed by atoms with Crippen molar-refractivity contribution in [3.05, 3.63) is 61.6 Å². The number of amides is 2. The Morgan fingerprint density at radius 3 is 2.71 bits per heavy atom. The molecule has 4 rings (SSSR count). The second-order valence-corrected chi connectivity index (χ2v) is 8.95. The zero-order valence-electron chi connectivity index (χ0n) is 16.3. The average Bonchev–Trinajstić information content (AvgIpc) is 3.14. The highest BCUT2D eigenvalue weighted by Crippen LogP contribution is 2.33. The molecule has 3 aromatic rings. The van der Waals surface area contributed by atoms with Crippen LogP contribution in [-0.2, 0) is 13.0 Å². The van der Waals surface area contributed by atoms with E-state index in [-0.39, 0.29) is 32.8 Å². The Morgan fingerprint density at radius 1 is 1.16 bits per heavy atom. The van der Waals surface area contributed by atoms with Crippen molar-refractivity contribution in [1.82, 2.24) is 14.9 Å². The first-order chi connectivity index (χ1) is 14.8. The van der Waals surface area contributed by atoms with E-state index in [1.165, 1.54) is 35.7 Å². The summed E-state index contributed by atoms with van der Waals surface area (Å²) in [4.78, 5) is 37.3. The summed E-state index contributed by atoms with van der Waals surface area (Å²) in [6.45, 7) is 1.57. The molecule has 0 aliphatic carbocycles. The number of rotatable bonds is 4. The van der Waals surface area contributed by atoms with Gasteiger partial charge in [0.05, 0.1) is 22.0 Å². The van der Waals surface area contributed by atoms with E-state index in [0.29, 0.717) is 11.6 Å². The summed E-state index contributed by atoms with van der Waals surface area (Å²) in [6, 6.07) is 5.70. The van der Waals surface area contributed by atoms with Crippen LogP contribution in [0.1, 0.15) is 30.7 Å². The zero-order valence-corrected chi connectivity index (χ0v) is 18.6. The van der Waals surface area contributed by atoms with Crippen molar-refractivity contribution < 1.29 is 14.7 Å². The topological polar surface area (TPSA) is 107 Å². The van der Waals surface area contributed by atoms with Gasteiger partial charge in [0.2, 0.25) is 0 Å². The average molecular weight is 478 g/mol. The molecule has 1 aliphatic heterocycles. The van der Waals surface area contributed by atoms with Crippen LogP contribution in [0.3, 0.4) is 0 Å². The second kappa shape index (κ2) is 8.80. The Kier molecular flexibility index (Phi) is 6.10. The van der Waals surface area contributed by atoms with Gasteiger partial charge in [-0.15, -0.1) is 11.3 Å². The molecule has 1 aliphatic rings. The number of thiazole rings is 1. The third kappa shape index (κ3) is 4.80. The minimum atomic E-state index is -0.608. The number of aromatic hydroxyl groups is 1. The lowest BCUT2D eigenvalue weighted by Crippen LogP contribution is -2.25. The van der Waals surface area contributed by atoms with Crippen LogP contribution in [0.25, 0.3) is 0 Å². The van der Waals surface area contributed by atoms with E-state index in [1.807, 2.05) is 7.05 Å². The van der Waals surface area contributed by atoms with Crippen LogP contribution in [0.2, 0.25) is 10.0 Å². The lowest BCUT2D eigenvalue weighted by Gasteiger charge is -2.20. The van der Waals surface area contributed by atoms with Crippen molar-refractivity contribution in [2.24, 2.45) is 0 Å². The number of halogens is 2. The largest absolute Gasteiger partial charge is 0.506 e. The molecule has 160 valence electrons. The van der Waals surface area contributed by atoms with Crippen LogP contribution in [-0.4, -0.2) is 45.4 Å². The van der Waals surface area contributed by atoms with Gasteiger partial charge < -0.3 is 20.6 Å². The van der Waals surface area contributed by atoms with Gasteiger partial charge in [0.15, 0.2) is 5.01 Å². The fourth-order valence-corrected chi connectivity index (χ4v) is 4.41. The molecule has 0 spiro atoms. The molecule has 1 aromatic carbocycles. The molecule has 0 radical (unpaired) electrons. The number of likely N-dealkylation sites (N-methyl/N-ethyl adjacent to an activating group) is 1. The molecule has 8 nitrogen and oxygen atoms in total. The quantitative estimate of drug-likeness (QED) is 0.489. The molecule has 11 heteroatoms. The number of nitrogens with zero attached hydrogens (tertiary/aromatic N) is 3. The summed E-state index contributed by atoms with van der Waals surface area (Å²) in [6.07, 6.45) is 2.21. The van der Waals surface area contributed by atoms with Gasteiger partial charge in [0.1, 0.15) is 11.6 Å². The molecule has 3 heterocycles. The first-order valence-electron chi connectivity index (χ1n) is 9.24. The minimum Gasteiger partial charge on any atom is -0.506 e. The number of aromatic nitrogens is 2. The van der Waals surface area contributed by atoms with Gasteiger partial charge >= 0.3 is 0 Å². The minimum absolute atomic E-state index is 0.0175. The molecule has 0 saturated heterocycles. The van der Waals surface area contributed by atoms with Crippen LogP contribution in [0.15, 0.2) is 30.5 Å². The second-order valence-electron chi connectivity index (χ2n) is 6.99. The first-order valence-corrected chi connectivity index (χ1v) is 10.8. The predicted molar refractivity (Wildman–Crippen MR) is 120 cm³/mol. The van der Waals surface area contributed by atoms with E-state index in [0.717, 1.165) is 23.5 Å². The fraction of sp³-hybridized carbons (Fsp3) is 0.200. The number of benzene rings is 1. The Labute approximate surface area is 191 Å². The molecule has 3 N–H and O–H groups in total. The lowest BCUT2D eigenvalue weighted by atomic mass is 10.1. The number of nitrogens with one attached hydrogen (secondary N) is 2. The molecular weight excluding hydrogens is 461 g/mol. The molecule has 31 heavy (non-hydrogen) atoms. The number of pyridine rings is 1. The summed E-state index contributed by atoms with van der Waals surface area (Å²) in [5.74, 6) is -1.21. The highest BCUT2D eigenvalue weighted by molar-refractivity contribution is 7.13. The van der Waals surface area contributed by atoms with E-state index in [9.17, 15) is 14.7 Å². The summed E-state index contributed by atoms with van der Waals surface area (Å²) in [5.41, 5.74) is 0.790. The molecule has 2 aromatic heterocycles. The molecule has 0 saturated carbocycles. The van der Waals surface area contributed by atoms with Crippen molar-refractivity contribution >= 4 is 57.9 Å². The highest BCUT2D eigenvalue weighted by Gasteiger charge is 2.24. The van der Waals surface area contributed by atoms with Gasteiger partial charge in [0, 0.05) is 35.3 Å². The molecule has 0 atom stereocenters. The predicted octanol–water partition coefficient (Wildman–Crippen LogP) is 4.04. The Bertz CT molecular complexity index is 1170. The SMILES string of the molecule is CN1CCc2sc(C(=O)Nc3c(O)cc(Cl)cc3C(=O)Nc3ccc(Cl)cn3)nc2C1. The fourth-order valence-electron chi connectivity index (χ4n) is 3.13. The number of hydrogen-bond donors (Lipinski definition) is 3. The number of carbonyl (C=O) groups excluding carboxylic acids is 2. The van der Waals surface area contributed by atoms with Crippen molar-refractivity contribution in [3.8, 4) is 5.75 Å². The van der Waals surface area contributed by atoms with E-state index in [4.69, 9.17) is 23.2 Å². The van der Waals surface area contributed by atoms with Gasteiger partial charge in [-0.05, 0) is 31.7 Å². The van der Waals surface area contributed by atoms with Crippen molar-refractivity contribution in [2.45, 2.75) is 13.0 Å². The maximum absolute atomic E-state index is 12.8. The molecule has 0 bridgehead atoms. The maximum atomic E-state index is 12.8. The molecule has 0 fully saturated rings. The Hall–Kier alpha value is -2.72. The van der Waals surface area contributed by atoms with Crippen LogP contribution >= 0.6 is 34.5 Å². The van der Waals surface area contributed by atoms with Gasteiger partial charge in [0.25, 0.3) is 11.8 Å². The van der Waals surface area contributed by atoms with Gasteiger partial charge in [-0.2, -0.15) is 0 Å². The lowest BCUT2D eigenvalue weighted by molar-refractivity contribution is 0.102. The highest BCUT2D eigenvalue weighted by atomic mass is 35.5. The standard InChI is InChI=1S/C20H17Cl2N5O3S/c1-27-5-4-15-13(9-27)24-20(31-15)19(30)26-17-12(6-11(22)7-14(17)28)18(29)25-16-3-2-10(21)8-23-16/h2-3,6-8,28H,4-5,9H2,1H3,(H,26,30)(H,23,25,29). The van der Waals surface area contributed by atoms with Crippen molar-refractivity contribution in [2.75, 3.05) is 24.2 Å².